The Hall–Kier alpha value is -1.85. The van der Waals surface area contributed by atoms with Crippen LogP contribution in [0, 0.1) is 6.92 Å². The van der Waals surface area contributed by atoms with Crippen LogP contribution in [-0.4, -0.2) is 13.5 Å². The van der Waals surface area contributed by atoms with E-state index in [0.717, 1.165) is 11.1 Å². The minimum Gasteiger partial charge on any atom is -0.392 e. The number of hydrogen-bond donors (Lipinski definition) is 2. The number of nitrogens with one attached hydrogen (secondary N) is 1. The Labute approximate surface area is 125 Å². The summed E-state index contributed by atoms with van der Waals surface area (Å²) in [5.74, 6) is 0. The van der Waals surface area contributed by atoms with Crippen molar-refractivity contribution in [1.82, 2.24) is 0 Å². The van der Waals surface area contributed by atoms with Crippen LogP contribution in [0.5, 0.6) is 0 Å². The number of aliphatic hydroxyl groups is 1. The van der Waals surface area contributed by atoms with Crippen molar-refractivity contribution in [1.29, 1.82) is 0 Å². The summed E-state index contributed by atoms with van der Waals surface area (Å²) >= 11 is 0. The highest BCUT2D eigenvalue weighted by atomic mass is 32.2. The third-order valence-electron chi connectivity index (χ3n) is 3.29. The Bertz CT molecular complexity index is 722. The molecule has 0 radical (unpaired) electrons. The third kappa shape index (κ3) is 3.62. The lowest BCUT2D eigenvalue weighted by Gasteiger charge is -2.13. The molecule has 0 spiro atoms. The van der Waals surface area contributed by atoms with E-state index < -0.39 is 10.0 Å². The van der Waals surface area contributed by atoms with Crippen molar-refractivity contribution in [2.24, 2.45) is 0 Å². The zero-order valence-corrected chi connectivity index (χ0v) is 12.9. The summed E-state index contributed by atoms with van der Waals surface area (Å²) in [6.07, 6.45) is 0.607. The van der Waals surface area contributed by atoms with Gasteiger partial charge in [-0.15, -0.1) is 0 Å². The minimum atomic E-state index is -3.66. The average molecular weight is 305 g/mol. The van der Waals surface area contributed by atoms with E-state index in [1.54, 1.807) is 24.3 Å². The van der Waals surface area contributed by atoms with Gasteiger partial charge >= 0.3 is 0 Å². The van der Waals surface area contributed by atoms with Gasteiger partial charge in [-0.2, -0.15) is 0 Å². The molecule has 0 aliphatic rings. The van der Waals surface area contributed by atoms with Gasteiger partial charge < -0.3 is 5.11 Å². The molecule has 5 heteroatoms. The molecule has 0 saturated heterocycles. The molecule has 0 fully saturated rings. The maximum Gasteiger partial charge on any atom is 0.262 e. The zero-order valence-electron chi connectivity index (χ0n) is 12.1. The van der Waals surface area contributed by atoms with Gasteiger partial charge in [0.25, 0.3) is 10.0 Å². The van der Waals surface area contributed by atoms with E-state index in [1.807, 2.05) is 26.0 Å². The lowest BCUT2D eigenvalue weighted by molar-refractivity contribution is 0.281. The molecule has 4 nitrogen and oxygen atoms in total. The van der Waals surface area contributed by atoms with E-state index in [1.165, 1.54) is 6.07 Å². The number of anilines is 1. The molecule has 2 aromatic carbocycles. The Morgan fingerprint density at radius 1 is 1.10 bits per heavy atom. The summed E-state index contributed by atoms with van der Waals surface area (Å²) < 4.78 is 27.7. The van der Waals surface area contributed by atoms with Crippen LogP contribution >= 0.6 is 0 Å². The van der Waals surface area contributed by atoms with Crippen molar-refractivity contribution in [3.05, 3.63) is 59.2 Å². The largest absolute Gasteiger partial charge is 0.392 e. The molecule has 0 unspecified atom stereocenters. The first-order valence-electron chi connectivity index (χ1n) is 6.78. The summed E-state index contributed by atoms with van der Waals surface area (Å²) in [6, 6.07) is 12.2. The highest BCUT2D eigenvalue weighted by Crippen LogP contribution is 2.22. The van der Waals surface area contributed by atoms with Gasteiger partial charge in [-0.1, -0.05) is 36.8 Å². The molecule has 0 atom stereocenters. The first kappa shape index (κ1) is 15.5. The second kappa shape index (κ2) is 6.28. The number of benzene rings is 2. The molecule has 0 aromatic heterocycles. The lowest BCUT2D eigenvalue weighted by Crippen LogP contribution is -2.15. The van der Waals surface area contributed by atoms with Crippen molar-refractivity contribution in [3.8, 4) is 0 Å². The summed E-state index contributed by atoms with van der Waals surface area (Å²) in [4.78, 5) is 0.220. The van der Waals surface area contributed by atoms with Gasteiger partial charge in [0.1, 0.15) is 0 Å². The monoisotopic (exact) mass is 305 g/mol. The van der Waals surface area contributed by atoms with Crippen LogP contribution in [0.15, 0.2) is 47.4 Å². The van der Waals surface area contributed by atoms with Gasteiger partial charge in [0.05, 0.1) is 11.5 Å². The zero-order chi connectivity index (χ0) is 15.5. The van der Waals surface area contributed by atoms with Crippen LogP contribution in [0.1, 0.15) is 23.6 Å². The summed E-state index contributed by atoms with van der Waals surface area (Å²) in [6.45, 7) is 3.66. The molecule has 0 aliphatic heterocycles. The predicted octanol–water partition coefficient (Wildman–Crippen LogP) is 2.85. The molecule has 112 valence electrons. The number of aliphatic hydroxyl groups excluding tert-OH is 1. The summed E-state index contributed by atoms with van der Waals surface area (Å²) in [5.41, 5.74) is 2.90. The molecule has 2 aromatic rings. The second-order valence-corrected chi connectivity index (χ2v) is 6.58. The molecule has 0 heterocycles. The van der Waals surface area contributed by atoms with Crippen molar-refractivity contribution < 1.29 is 13.5 Å². The fourth-order valence-electron chi connectivity index (χ4n) is 2.07. The maximum atomic E-state index is 12.5. The molecule has 0 saturated carbocycles. The average Bonchev–Trinajstić information content (AvgIpc) is 2.48. The van der Waals surface area contributed by atoms with Crippen LogP contribution in [0.3, 0.4) is 0 Å². The first-order chi connectivity index (χ1) is 9.96. The van der Waals surface area contributed by atoms with E-state index in [-0.39, 0.29) is 11.5 Å². The molecular weight excluding hydrogens is 286 g/mol. The van der Waals surface area contributed by atoms with Crippen molar-refractivity contribution in [2.45, 2.75) is 31.8 Å². The Balaban J connectivity index is 2.41. The summed E-state index contributed by atoms with van der Waals surface area (Å²) in [5, 5.41) is 9.20. The van der Waals surface area contributed by atoms with Crippen LogP contribution in [0.25, 0.3) is 0 Å². The molecule has 0 bridgehead atoms. The molecule has 2 rings (SSSR count). The number of sulfonamides is 1. The normalized spacial score (nSPS) is 11.4. The van der Waals surface area contributed by atoms with Crippen LogP contribution in [-0.2, 0) is 23.1 Å². The fraction of sp³-hybridized carbons (Fsp3) is 0.250. The van der Waals surface area contributed by atoms with Crippen molar-refractivity contribution in [2.75, 3.05) is 4.72 Å². The fourth-order valence-corrected chi connectivity index (χ4v) is 3.49. The first-order valence-corrected chi connectivity index (χ1v) is 8.26. The molecule has 21 heavy (non-hydrogen) atoms. The summed E-state index contributed by atoms with van der Waals surface area (Å²) in [7, 11) is -3.66. The quantitative estimate of drug-likeness (QED) is 0.892. The van der Waals surface area contributed by atoms with Gasteiger partial charge in [0, 0.05) is 5.69 Å². The smallest absolute Gasteiger partial charge is 0.262 e. The Kier molecular flexibility index (Phi) is 4.65. The van der Waals surface area contributed by atoms with Crippen LogP contribution < -0.4 is 4.72 Å². The SMILES string of the molecule is CCc1ccc(CO)cc1S(=O)(=O)Nc1ccc(C)cc1. The highest BCUT2D eigenvalue weighted by molar-refractivity contribution is 7.92. The Morgan fingerprint density at radius 2 is 1.76 bits per heavy atom. The van der Waals surface area contributed by atoms with Crippen LogP contribution in [0.4, 0.5) is 5.69 Å². The third-order valence-corrected chi connectivity index (χ3v) is 4.75. The number of aryl methyl sites for hydroxylation is 2. The molecule has 2 N–H and O–H groups in total. The van der Waals surface area contributed by atoms with Crippen molar-refractivity contribution in [3.63, 3.8) is 0 Å². The van der Waals surface area contributed by atoms with Gasteiger partial charge in [-0.25, -0.2) is 8.42 Å². The standard InChI is InChI=1S/C16H19NO3S/c1-3-14-7-6-13(11-18)10-16(14)21(19,20)17-15-8-4-12(2)5-9-15/h4-10,17-18H,3,11H2,1-2H3. The van der Waals surface area contributed by atoms with Gasteiger partial charge in [-0.05, 0) is 42.7 Å². The van der Waals surface area contributed by atoms with Crippen molar-refractivity contribution >= 4 is 15.7 Å². The van der Waals surface area contributed by atoms with E-state index in [2.05, 4.69) is 4.72 Å². The number of rotatable bonds is 5. The van der Waals surface area contributed by atoms with E-state index in [4.69, 9.17) is 0 Å². The lowest BCUT2D eigenvalue weighted by atomic mass is 10.1. The van der Waals surface area contributed by atoms with Gasteiger partial charge in [0.15, 0.2) is 0 Å². The predicted molar refractivity (Wildman–Crippen MR) is 83.7 cm³/mol. The van der Waals surface area contributed by atoms with Gasteiger partial charge in [-0.3, -0.25) is 4.72 Å². The highest BCUT2D eigenvalue weighted by Gasteiger charge is 2.18. The van der Waals surface area contributed by atoms with E-state index in [0.29, 0.717) is 17.7 Å². The second-order valence-electron chi connectivity index (χ2n) is 4.93. The van der Waals surface area contributed by atoms with E-state index >= 15 is 0 Å². The van der Waals surface area contributed by atoms with E-state index in [9.17, 15) is 13.5 Å². The number of hydrogen-bond acceptors (Lipinski definition) is 3. The molecule has 0 amide bonds. The van der Waals surface area contributed by atoms with Gasteiger partial charge in [0.2, 0.25) is 0 Å². The molecule has 0 aliphatic carbocycles. The Morgan fingerprint density at radius 3 is 2.33 bits per heavy atom. The minimum absolute atomic E-state index is 0.183. The van der Waals surface area contributed by atoms with Crippen LogP contribution in [0.2, 0.25) is 0 Å². The molecular formula is C16H19NO3S. The topological polar surface area (TPSA) is 66.4 Å². The maximum absolute atomic E-state index is 12.5.